The van der Waals surface area contributed by atoms with E-state index in [-0.39, 0.29) is 11.5 Å². The van der Waals surface area contributed by atoms with Crippen molar-refractivity contribution in [1.29, 1.82) is 0 Å². The van der Waals surface area contributed by atoms with Crippen molar-refractivity contribution in [2.75, 3.05) is 0 Å². The molecule has 0 aliphatic heterocycles. The summed E-state index contributed by atoms with van der Waals surface area (Å²) in [7, 11) is -1.63. The summed E-state index contributed by atoms with van der Waals surface area (Å²) in [5, 5.41) is 2.71. The molecule has 2 rings (SSSR count). The molecule has 0 radical (unpaired) electrons. The fourth-order valence-electron chi connectivity index (χ4n) is 2.68. The van der Waals surface area contributed by atoms with Crippen molar-refractivity contribution in [2.45, 2.75) is 40.2 Å². The fourth-order valence-corrected chi connectivity index (χ4v) is 5.45. The van der Waals surface area contributed by atoms with E-state index in [9.17, 15) is 0 Å². The van der Waals surface area contributed by atoms with Crippen molar-refractivity contribution in [1.82, 2.24) is 0 Å². The molecule has 0 aliphatic rings. The van der Waals surface area contributed by atoms with Gasteiger partial charge in [0.15, 0.2) is 0 Å². The Bertz CT molecular complexity index is 491. The van der Waals surface area contributed by atoms with Crippen LogP contribution in [0.3, 0.4) is 0 Å². The van der Waals surface area contributed by atoms with Crippen molar-refractivity contribution < 1.29 is 4.43 Å². The predicted octanol–water partition coefficient (Wildman–Crippen LogP) is 3.37. The maximum atomic E-state index is 6.68. The van der Waals surface area contributed by atoms with E-state index >= 15 is 0 Å². The third kappa shape index (κ3) is 4.29. The van der Waals surface area contributed by atoms with Gasteiger partial charge in [0.25, 0.3) is 0 Å². The first-order chi connectivity index (χ1) is 10.0. The van der Waals surface area contributed by atoms with Crippen LogP contribution in [0.5, 0.6) is 0 Å². The van der Waals surface area contributed by atoms with Gasteiger partial charge in [-0.3, -0.25) is 0 Å². The number of hydrogen-bond acceptors (Lipinski definition) is 1. The van der Waals surface area contributed by atoms with Crippen LogP contribution in [0.15, 0.2) is 60.7 Å². The highest BCUT2D eigenvalue weighted by molar-refractivity contribution is 6.80. The fraction of sp³-hybridized carbons (Fsp3) is 0.368. The number of benzene rings is 2. The van der Waals surface area contributed by atoms with Crippen LogP contribution in [0.1, 0.15) is 34.1 Å². The highest BCUT2D eigenvalue weighted by atomic mass is 28.3. The van der Waals surface area contributed by atoms with Crippen LogP contribution in [0.25, 0.3) is 0 Å². The lowest BCUT2D eigenvalue weighted by atomic mass is 9.88. The van der Waals surface area contributed by atoms with Gasteiger partial charge in [-0.1, -0.05) is 88.4 Å². The van der Waals surface area contributed by atoms with Gasteiger partial charge >= 0.3 is 0 Å². The molecule has 0 aromatic heterocycles. The van der Waals surface area contributed by atoms with Gasteiger partial charge in [0.2, 0.25) is 9.04 Å². The standard InChI is InChI=1S/C19H26OSi/c1-5-18(19(2,3)4)20-21(16-12-8-6-9-13-16)17-14-10-7-11-15-17/h6-15,18,21H,5H2,1-4H3. The molecule has 112 valence electrons. The lowest BCUT2D eigenvalue weighted by Gasteiger charge is -2.33. The molecule has 21 heavy (non-hydrogen) atoms. The highest BCUT2D eigenvalue weighted by Gasteiger charge is 2.29. The molecule has 1 atom stereocenters. The van der Waals surface area contributed by atoms with E-state index in [1.807, 2.05) is 0 Å². The molecule has 0 aliphatic carbocycles. The molecule has 0 bridgehead atoms. The zero-order chi connectivity index (χ0) is 15.3. The summed E-state index contributed by atoms with van der Waals surface area (Å²) >= 11 is 0. The topological polar surface area (TPSA) is 9.23 Å². The minimum atomic E-state index is -1.63. The normalized spacial score (nSPS) is 13.4. The summed E-state index contributed by atoms with van der Waals surface area (Å²) in [4.78, 5) is 0. The van der Waals surface area contributed by atoms with Crippen LogP contribution in [0.4, 0.5) is 0 Å². The Morgan fingerprint density at radius 3 is 1.62 bits per heavy atom. The summed E-state index contributed by atoms with van der Waals surface area (Å²) in [6, 6.07) is 21.4. The number of rotatable bonds is 5. The molecule has 0 amide bonds. The van der Waals surface area contributed by atoms with Crippen LogP contribution in [0, 0.1) is 5.41 Å². The van der Waals surface area contributed by atoms with E-state index in [4.69, 9.17) is 4.43 Å². The molecule has 2 heteroatoms. The molecular weight excluding hydrogens is 272 g/mol. The maximum absolute atomic E-state index is 6.68. The largest absolute Gasteiger partial charge is 0.407 e. The molecule has 1 nitrogen and oxygen atoms in total. The molecule has 0 saturated heterocycles. The lowest BCUT2D eigenvalue weighted by Crippen LogP contribution is -2.49. The molecule has 2 aromatic carbocycles. The van der Waals surface area contributed by atoms with E-state index < -0.39 is 9.04 Å². The molecule has 0 N–H and O–H groups in total. The van der Waals surface area contributed by atoms with E-state index in [2.05, 4.69) is 88.4 Å². The predicted molar refractivity (Wildman–Crippen MR) is 93.9 cm³/mol. The first-order valence-corrected chi connectivity index (χ1v) is 9.40. The number of hydrogen-bond donors (Lipinski definition) is 0. The molecule has 0 saturated carbocycles. The van der Waals surface area contributed by atoms with Gasteiger partial charge in [0.1, 0.15) is 0 Å². The Morgan fingerprint density at radius 2 is 1.29 bits per heavy atom. The first-order valence-electron chi connectivity index (χ1n) is 7.77. The Balaban J connectivity index is 2.33. The van der Waals surface area contributed by atoms with Crippen molar-refractivity contribution in [3.05, 3.63) is 60.7 Å². The molecular formula is C19H26OSi. The second kappa shape index (κ2) is 7.06. The minimum Gasteiger partial charge on any atom is -0.407 e. The van der Waals surface area contributed by atoms with E-state index in [0.717, 1.165) is 6.42 Å². The van der Waals surface area contributed by atoms with Crippen LogP contribution in [0.2, 0.25) is 0 Å². The van der Waals surface area contributed by atoms with Gasteiger partial charge in [-0.2, -0.15) is 0 Å². The highest BCUT2D eigenvalue weighted by Crippen LogP contribution is 2.25. The van der Waals surface area contributed by atoms with E-state index in [0.29, 0.717) is 0 Å². The third-order valence-electron chi connectivity index (χ3n) is 3.84. The summed E-state index contributed by atoms with van der Waals surface area (Å²) in [5.41, 5.74) is 0.170. The van der Waals surface area contributed by atoms with Crippen LogP contribution in [-0.2, 0) is 4.43 Å². The van der Waals surface area contributed by atoms with Crippen molar-refractivity contribution in [3.8, 4) is 0 Å². The second-order valence-electron chi connectivity index (χ2n) is 6.60. The molecule has 0 fully saturated rings. The molecule has 0 spiro atoms. The van der Waals surface area contributed by atoms with Crippen molar-refractivity contribution in [2.24, 2.45) is 5.41 Å². The van der Waals surface area contributed by atoms with Gasteiger partial charge in [0.05, 0.1) is 6.10 Å². The summed E-state index contributed by atoms with van der Waals surface area (Å²) < 4.78 is 6.68. The Labute approximate surface area is 130 Å². The third-order valence-corrected chi connectivity index (χ3v) is 6.42. The Kier molecular flexibility index (Phi) is 5.37. The smallest absolute Gasteiger partial charge is 0.240 e. The second-order valence-corrected chi connectivity index (χ2v) is 8.97. The quantitative estimate of drug-likeness (QED) is 0.769. The van der Waals surface area contributed by atoms with Gasteiger partial charge in [-0.05, 0) is 22.2 Å². The Hall–Kier alpha value is -1.38. The summed E-state index contributed by atoms with van der Waals surface area (Å²) in [6.45, 7) is 9.02. The van der Waals surface area contributed by atoms with Crippen molar-refractivity contribution >= 4 is 19.4 Å². The molecule has 1 unspecified atom stereocenters. The van der Waals surface area contributed by atoms with Gasteiger partial charge in [-0.15, -0.1) is 0 Å². The van der Waals surface area contributed by atoms with Crippen LogP contribution >= 0.6 is 0 Å². The van der Waals surface area contributed by atoms with Crippen molar-refractivity contribution in [3.63, 3.8) is 0 Å². The lowest BCUT2D eigenvalue weighted by molar-refractivity contribution is 0.0860. The monoisotopic (exact) mass is 298 g/mol. The average Bonchev–Trinajstić information content (AvgIpc) is 2.49. The van der Waals surface area contributed by atoms with Crippen LogP contribution < -0.4 is 10.4 Å². The zero-order valence-corrected chi connectivity index (χ0v) is 14.7. The van der Waals surface area contributed by atoms with Gasteiger partial charge in [0, 0.05) is 0 Å². The minimum absolute atomic E-state index is 0.170. The van der Waals surface area contributed by atoms with Crippen LogP contribution in [-0.4, -0.2) is 15.1 Å². The summed E-state index contributed by atoms with van der Waals surface area (Å²) in [5.74, 6) is 0. The zero-order valence-electron chi connectivity index (χ0n) is 13.5. The molecule has 2 aromatic rings. The Morgan fingerprint density at radius 1 is 0.857 bits per heavy atom. The molecule has 0 heterocycles. The van der Waals surface area contributed by atoms with E-state index in [1.54, 1.807) is 0 Å². The van der Waals surface area contributed by atoms with Gasteiger partial charge < -0.3 is 4.43 Å². The van der Waals surface area contributed by atoms with E-state index in [1.165, 1.54) is 10.4 Å². The maximum Gasteiger partial charge on any atom is 0.240 e. The summed E-state index contributed by atoms with van der Waals surface area (Å²) in [6.07, 6.45) is 1.33. The SMILES string of the molecule is CCC(O[SiH](c1ccccc1)c1ccccc1)C(C)(C)C. The van der Waals surface area contributed by atoms with Gasteiger partial charge in [-0.25, -0.2) is 0 Å². The average molecular weight is 299 g/mol. The first kappa shape index (κ1) is 16.0.